The fourth-order valence-corrected chi connectivity index (χ4v) is 2.60. The maximum Gasteiger partial charge on any atom is 0.100 e. The molecular weight excluding hydrogens is 366 g/mol. The van der Waals surface area contributed by atoms with Crippen LogP contribution in [0, 0.1) is 11.3 Å². The summed E-state index contributed by atoms with van der Waals surface area (Å²) in [6.07, 6.45) is 0. The molecule has 17 heavy (non-hydrogen) atoms. The van der Waals surface area contributed by atoms with Gasteiger partial charge in [0.05, 0.1) is 28.0 Å². The van der Waals surface area contributed by atoms with Gasteiger partial charge in [0.1, 0.15) is 6.07 Å². The van der Waals surface area contributed by atoms with Gasteiger partial charge in [-0.25, -0.2) is 9.97 Å². The molecule has 1 aromatic carbocycles. The van der Waals surface area contributed by atoms with Crippen LogP contribution in [0.1, 0.15) is 17.0 Å². The van der Waals surface area contributed by atoms with Crippen molar-refractivity contribution in [3.8, 4) is 6.07 Å². The van der Waals surface area contributed by atoms with Gasteiger partial charge >= 0.3 is 0 Å². The highest BCUT2D eigenvalue weighted by Gasteiger charge is 2.09. The normalized spacial score (nSPS) is 10.5. The van der Waals surface area contributed by atoms with Gasteiger partial charge in [0.15, 0.2) is 0 Å². The van der Waals surface area contributed by atoms with E-state index in [1.54, 1.807) is 12.1 Å². The summed E-state index contributed by atoms with van der Waals surface area (Å²) in [7, 11) is 0. The second-order valence-electron chi connectivity index (χ2n) is 3.35. The average molecular weight is 373 g/mol. The number of fused-ring (bicyclic) bond motifs is 1. The molecule has 2 rings (SSSR count). The van der Waals surface area contributed by atoms with Crippen LogP contribution in [-0.2, 0) is 10.7 Å². The molecule has 0 amide bonds. The first kappa shape index (κ1) is 12.8. The van der Waals surface area contributed by atoms with Crippen molar-refractivity contribution in [1.82, 2.24) is 9.97 Å². The topological polar surface area (TPSA) is 49.6 Å². The minimum absolute atomic E-state index is 0.516. The Labute approximate surface area is 121 Å². The summed E-state index contributed by atoms with van der Waals surface area (Å²) in [5, 5.41) is 10.2. The molecule has 3 nitrogen and oxygen atoms in total. The Morgan fingerprint density at radius 2 is 1.65 bits per heavy atom. The smallest absolute Gasteiger partial charge is 0.100 e. The van der Waals surface area contributed by atoms with E-state index in [0.29, 0.717) is 21.1 Å². The van der Waals surface area contributed by atoms with Gasteiger partial charge in [0, 0.05) is 15.6 Å². The molecule has 0 unspecified atom stereocenters. The summed E-state index contributed by atoms with van der Waals surface area (Å²) >= 11 is 11.0. The second kappa shape index (κ2) is 5.34. The molecule has 1 aromatic heterocycles. The van der Waals surface area contributed by atoms with Crippen LogP contribution in [0.2, 0.25) is 0 Å². The summed E-state index contributed by atoms with van der Waals surface area (Å²) in [5.74, 6) is 0. The fraction of sp³-hybridized carbons (Fsp3) is 0.182. The number of rotatable bonds is 2. The standard InChI is InChI=1S/C11H7Br2N3S/c12-3-9-10(4-13)16-8-2-11(17)6(5-14)1-7(8)15-9/h1-2,17H,3-4H2. The first-order chi connectivity index (χ1) is 8.19. The molecule has 0 spiro atoms. The summed E-state index contributed by atoms with van der Waals surface area (Å²) in [4.78, 5) is 9.62. The summed E-state index contributed by atoms with van der Waals surface area (Å²) in [6.45, 7) is 0. The van der Waals surface area contributed by atoms with Crippen molar-refractivity contribution in [1.29, 1.82) is 5.26 Å². The zero-order valence-electron chi connectivity index (χ0n) is 8.61. The molecule has 0 N–H and O–H groups in total. The minimum atomic E-state index is 0.516. The lowest BCUT2D eigenvalue weighted by Gasteiger charge is -2.06. The fourth-order valence-electron chi connectivity index (χ4n) is 1.47. The average Bonchev–Trinajstić information content (AvgIpc) is 2.36. The van der Waals surface area contributed by atoms with Crippen LogP contribution in [0.4, 0.5) is 0 Å². The van der Waals surface area contributed by atoms with Crippen molar-refractivity contribution in [2.24, 2.45) is 0 Å². The summed E-state index contributed by atoms with van der Waals surface area (Å²) in [5.41, 5.74) is 3.77. The van der Waals surface area contributed by atoms with Crippen LogP contribution < -0.4 is 0 Å². The molecule has 0 aliphatic carbocycles. The van der Waals surface area contributed by atoms with Crippen molar-refractivity contribution in [3.05, 3.63) is 29.1 Å². The highest BCUT2D eigenvalue weighted by Crippen LogP contribution is 2.22. The largest absolute Gasteiger partial charge is 0.248 e. The molecule has 86 valence electrons. The van der Waals surface area contributed by atoms with Crippen LogP contribution in [0.15, 0.2) is 17.0 Å². The number of nitrogens with zero attached hydrogens (tertiary/aromatic N) is 3. The van der Waals surface area contributed by atoms with E-state index in [9.17, 15) is 0 Å². The van der Waals surface area contributed by atoms with Gasteiger partial charge in [-0.1, -0.05) is 31.9 Å². The molecule has 0 aliphatic heterocycles. The number of hydrogen-bond donors (Lipinski definition) is 1. The van der Waals surface area contributed by atoms with Crippen LogP contribution in [-0.4, -0.2) is 9.97 Å². The number of halogens is 2. The Morgan fingerprint density at radius 1 is 1.12 bits per heavy atom. The van der Waals surface area contributed by atoms with Gasteiger partial charge in [-0.15, -0.1) is 12.6 Å². The Bertz CT molecular complexity index is 622. The maximum atomic E-state index is 8.94. The van der Waals surface area contributed by atoms with E-state index in [0.717, 1.165) is 22.4 Å². The van der Waals surface area contributed by atoms with Gasteiger partial charge in [0.25, 0.3) is 0 Å². The highest BCUT2D eigenvalue weighted by atomic mass is 79.9. The molecule has 0 atom stereocenters. The van der Waals surface area contributed by atoms with E-state index < -0.39 is 0 Å². The summed E-state index contributed by atoms with van der Waals surface area (Å²) in [6, 6.07) is 5.58. The van der Waals surface area contributed by atoms with Gasteiger partial charge in [-0.05, 0) is 12.1 Å². The van der Waals surface area contributed by atoms with Crippen LogP contribution >= 0.6 is 44.5 Å². The zero-order valence-corrected chi connectivity index (χ0v) is 12.7. The van der Waals surface area contributed by atoms with Crippen LogP contribution in [0.25, 0.3) is 11.0 Å². The molecule has 0 radical (unpaired) electrons. The highest BCUT2D eigenvalue weighted by molar-refractivity contribution is 9.09. The molecule has 6 heteroatoms. The number of hydrogen-bond acceptors (Lipinski definition) is 4. The lowest BCUT2D eigenvalue weighted by molar-refractivity contribution is 1.08. The number of thiol groups is 1. The molecule has 0 bridgehead atoms. The lowest BCUT2D eigenvalue weighted by Crippen LogP contribution is -1.99. The monoisotopic (exact) mass is 371 g/mol. The van der Waals surface area contributed by atoms with E-state index >= 15 is 0 Å². The van der Waals surface area contributed by atoms with E-state index in [-0.39, 0.29) is 0 Å². The van der Waals surface area contributed by atoms with Crippen molar-refractivity contribution in [3.63, 3.8) is 0 Å². The summed E-state index contributed by atoms with van der Waals surface area (Å²) < 4.78 is 0. The Hall–Kier alpha value is -0.640. The van der Waals surface area contributed by atoms with Gasteiger partial charge < -0.3 is 0 Å². The Kier molecular flexibility index (Phi) is 4.02. The van der Waals surface area contributed by atoms with E-state index in [4.69, 9.17) is 5.26 Å². The second-order valence-corrected chi connectivity index (χ2v) is 4.96. The number of benzene rings is 1. The molecule has 0 saturated carbocycles. The minimum Gasteiger partial charge on any atom is -0.248 e. The Morgan fingerprint density at radius 3 is 2.12 bits per heavy atom. The Balaban J connectivity index is 2.75. The van der Waals surface area contributed by atoms with Crippen molar-refractivity contribution in [2.45, 2.75) is 15.6 Å². The van der Waals surface area contributed by atoms with Gasteiger partial charge in [-0.3, -0.25) is 0 Å². The maximum absolute atomic E-state index is 8.94. The number of aromatic nitrogens is 2. The first-order valence-electron chi connectivity index (χ1n) is 4.74. The van der Waals surface area contributed by atoms with E-state index in [1.807, 2.05) is 0 Å². The molecule has 0 saturated heterocycles. The van der Waals surface area contributed by atoms with E-state index in [1.165, 1.54) is 0 Å². The van der Waals surface area contributed by atoms with Gasteiger partial charge in [0.2, 0.25) is 0 Å². The zero-order chi connectivity index (χ0) is 12.4. The van der Waals surface area contributed by atoms with Gasteiger partial charge in [-0.2, -0.15) is 5.26 Å². The molecule has 1 heterocycles. The van der Waals surface area contributed by atoms with Crippen molar-refractivity contribution in [2.75, 3.05) is 0 Å². The predicted octanol–water partition coefficient (Wildman–Crippen LogP) is 3.58. The van der Waals surface area contributed by atoms with Crippen LogP contribution in [0.3, 0.4) is 0 Å². The lowest BCUT2D eigenvalue weighted by atomic mass is 10.2. The number of alkyl halides is 2. The predicted molar refractivity (Wildman–Crippen MR) is 76.8 cm³/mol. The van der Waals surface area contributed by atoms with Crippen molar-refractivity contribution < 1.29 is 0 Å². The first-order valence-corrected chi connectivity index (χ1v) is 7.43. The van der Waals surface area contributed by atoms with Crippen molar-refractivity contribution >= 4 is 55.5 Å². The third-order valence-corrected chi connectivity index (χ3v) is 3.74. The molecular formula is C11H7Br2N3S. The van der Waals surface area contributed by atoms with Crippen LogP contribution in [0.5, 0.6) is 0 Å². The van der Waals surface area contributed by atoms with E-state index in [2.05, 4.69) is 60.5 Å². The SMILES string of the molecule is N#Cc1cc2nc(CBr)c(CBr)nc2cc1S. The third-order valence-electron chi connectivity index (χ3n) is 2.31. The molecule has 2 aromatic rings. The third kappa shape index (κ3) is 2.46. The molecule has 0 aliphatic rings. The quantitative estimate of drug-likeness (QED) is 0.647. The molecule has 0 fully saturated rings. The number of nitriles is 1.